The number of aromatic nitrogens is 2. The van der Waals surface area contributed by atoms with Crippen LogP contribution in [0, 0.1) is 11.2 Å². The third-order valence-electron chi connectivity index (χ3n) is 5.48. The number of hydrogen-bond acceptors (Lipinski definition) is 5. The number of halogens is 1. The fourth-order valence-electron chi connectivity index (χ4n) is 3.78. The number of aryl methyl sites for hydroxylation is 1. The molecule has 0 bridgehead atoms. The fraction of sp³-hybridized carbons (Fsp3) is 0.389. The van der Waals surface area contributed by atoms with E-state index >= 15 is 0 Å². The van der Waals surface area contributed by atoms with Gasteiger partial charge in [-0.25, -0.2) is 9.38 Å². The maximum atomic E-state index is 14.6. The molecule has 2 aromatic rings. The molecule has 3 N–H and O–H groups in total. The summed E-state index contributed by atoms with van der Waals surface area (Å²) >= 11 is 0. The Balaban J connectivity index is 1.66. The quantitative estimate of drug-likeness (QED) is 0.870. The number of nitrogens with zero attached hydrogens (tertiary/aromatic N) is 4. The predicted molar refractivity (Wildman–Crippen MR) is 95.7 cm³/mol. The van der Waals surface area contributed by atoms with Crippen LogP contribution in [0.3, 0.4) is 0 Å². The van der Waals surface area contributed by atoms with Crippen molar-refractivity contribution in [3.05, 3.63) is 47.5 Å². The Morgan fingerprint density at radius 1 is 1.35 bits per heavy atom. The van der Waals surface area contributed by atoms with Crippen molar-refractivity contribution >= 4 is 17.6 Å². The fourth-order valence-corrected chi connectivity index (χ4v) is 3.78. The van der Waals surface area contributed by atoms with E-state index in [0.29, 0.717) is 18.5 Å². The smallest absolute Gasteiger partial charge is 0.237 e. The van der Waals surface area contributed by atoms with Crippen LogP contribution >= 0.6 is 0 Å². The van der Waals surface area contributed by atoms with Gasteiger partial charge in [-0.2, -0.15) is 5.10 Å². The molecule has 1 aliphatic carbocycles. The Morgan fingerprint density at radius 2 is 2.12 bits per heavy atom. The van der Waals surface area contributed by atoms with Crippen molar-refractivity contribution in [3.63, 3.8) is 0 Å². The summed E-state index contributed by atoms with van der Waals surface area (Å²) in [5, 5.41) is 7.55. The number of guanidine groups is 1. The Bertz CT molecular complexity index is 938. The van der Waals surface area contributed by atoms with E-state index in [0.717, 1.165) is 11.4 Å². The molecule has 2 aliphatic rings. The van der Waals surface area contributed by atoms with Crippen LogP contribution in [0.2, 0.25) is 0 Å². The van der Waals surface area contributed by atoms with Gasteiger partial charge in [0.15, 0.2) is 5.96 Å². The highest BCUT2D eigenvalue weighted by atomic mass is 19.1. The summed E-state index contributed by atoms with van der Waals surface area (Å²) in [5.74, 6) is -0.390. The standard InChI is InChI=1S/C18H21FN6O/c1-17-10-18(17,22-16(20)25(3)15(17)26)13-8-11(4-5-14(13)19)21-9-12-6-7-24(2)23-12/h4-8,21H,9-10H2,1-3H3,(H2,20,22)/t17?,18-/m1/s1. The number of carbonyl (C=O) groups is 1. The monoisotopic (exact) mass is 356 g/mol. The van der Waals surface area contributed by atoms with Crippen LogP contribution in [-0.2, 0) is 23.9 Å². The lowest BCUT2D eigenvalue weighted by molar-refractivity contribution is -0.132. The number of nitrogens with two attached hydrogens (primary N) is 1. The summed E-state index contributed by atoms with van der Waals surface area (Å²) in [6.07, 6.45) is 2.31. The number of nitrogens with one attached hydrogen (secondary N) is 1. The number of anilines is 1. The van der Waals surface area contributed by atoms with E-state index in [1.165, 1.54) is 11.0 Å². The van der Waals surface area contributed by atoms with E-state index < -0.39 is 11.0 Å². The highest BCUT2D eigenvalue weighted by molar-refractivity contribution is 6.04. The van der Waals surface area contributed by atoms with E-state index in [4.69, 9.17) is 5.73 Å². The van der Waals surface area contributed by atoms with Crippen molar-refractivity contribution in [3.8, 4) is 0 Å². The van der Waals surface area contributed by atoms with E-state index in [1.54, 1.807) is 23.9 Å². The van der Waals surface area contributed by atoms with Crippen LogP contribution in [0.1, 0.15) is 24.6 Å². The zero-order valence-electron chi connectivity index (χ0n) is 15.0. The van der Waals surface area contributed by atoms with Gasteiger partial charge in [-0.15, -0.1) is 0 Å². The zero-order valence-corrected chi connectivity index (χ0v) is 15.0. The van der Waals surface area contributed by atoms with Crippen molar-refractivity contribution in [1.29, 1.82) is 0 Å². The van der Waals surface area contributed by atoms with Crippen molar-refractivity contribution in [1.82, 2.24) is 14.7 Å². The number of amides is 1. The van der Waals surface area contributed by atoms with Gasteiger partial charge in [-0.05, 0) is 37.6 Å². The van der Waals surface area contributed by atoms with Crippen molar-refractivity contribution in [2.24, 2.45) is 23.2 Å². The molecule has 0 saturated heterocycles. The Morgan fingerprint density at radius 3 is 2.81 bits per heavy atom. The topological polar surface area (TPSA) is 88.5 Å². The van der Waals surface area contributed by atoms with Crippen molar-refractivity contribution in [2.75, 3.05) is 12.4 Å². The SMILES string of the molecule is CN1C(=O)C2(C)C[C@]2(c2cc(NCc3ccn(C)n3)ccc2F)N=C1N. The first-order valence-corrected chi connectivity index (χ1v) is 8.43. The second-order valence-electron chi connectivity index (χ2n) is 7.23. The third kappa shape index (κ3) is 2.21. The number of hydrogen-bond donors (Lipinski definition) is 2. The first kappa shape index (κ1) is 16.6. The third-order valence-corrected chi connectivity index (χ3v) is 5.48. The maximum absolute atomic E-state index is 14.6. The molecule has 1 fully saturated rings. The molecule has 136 valence electrons. The molecule has 26 heavy (non-hydrogen) atoms. The van der Waals surface area contributed by atoms with E-state index in [9.17, 15) is 9.18 Å². The highest BCUT2D eigenvalue weighted by Crippen LogP contribution is 2.68. The minimum absolute atomic E-state index is 0.122. The first-order valence-electron chi connectivity index (χ1n) is 8.43. The Kier molecular flexibility index (Phi) is 3.37. The molecule has 2 atom stereocenters. The van der Waals surface area contributed by atoms with Crippen LogP contribution in [0.15, 0.2) is 35.5 Å². The van der Waals surface area contributed by atoms with Crippen LogP contribution in [-0.4, -0.2) is 33.6 Å². The van der Waals surface area contributed by atoms with Gasteiger partial charge < -0.3 is 11.1 Å². The number of aliphatic imine (C=N–C) groups is 1. The molecule has 1 amide bonds. The zero-order chi connectivity index (χ0) is 18.7. The molecule has 1 aromatic carbocycles. The number of rotatable bonds is 4. The van der Waals surface area contributed by atoms with E-state index in [1.807, 2.05) is 26.2 Å². The van der Waals surface area contributed by atoms with Crippen LogP contribution in [0.25, 0.3) is 0 Å². The van der Waals surface area contributed by atoms with Gasteiger partial charge in [0.05, 0.1) is 17.7 Å². The molecule has 4 rings (SSSR count). The van der Waals surface area contributed by atoms with Gasteiger partial charge in [0, 0.05) is 31.5 Å². The summed E-state index contributed by atoms with van der Waals surface area (Å²) in [7, 11) is 3.45. The van der Waals surface area contributed by atoms with Gasteiger partial charge in [0.1, 0.15) is 11.4 Å². The summed E-state index contributed by atoms with van der Waals surface area (Å²) < 4.78 is 16.4. The molecule has 1 saturated carbocycles. The Hall–Kier alpha value is -2.90. The Labute approximate surface area is 150 Å². The first-order chi connectivity index (χ1) is 12.3. The van der Waals surface area contributed by atoms with Crippen molar-refractivity contribution < 1.29 is 9.18 Å². The van der Waals surface area contributed by atoms with Gasteiger partial charge in [0.2, 0.25) is 5.91 Å². The largest absolute Gasteiger partial charge is 0.379 e. The minimum Gasteiger partial charge on any atom is -0.379 e. The number of fused-ring (bicyclic) bond motifs is 1. The minimum atomic E-state index is -0.923. The lowest BCUT2D eigenvalue weighted by Gasteiger charge is -2.30. The molecule has 8 heteroatoms. The summed E-state index contributed by atoms with van der Waals surface area (Å²) in [6, 6.07) is 6.70. The molecular weight excluding hydrogens is 335 g/mol. The number of carbonyl (C=O) groups excluding carboxylic acids is 1. The van der Waals surface area contributed by atoms with Crippen molar-refractivity contribution in [2.45, 2.75) is 25.4 Å². The summed E-state index contributed by atoms with van der Waals surface area (Å²) in [4.78, 5) is 18.4. The average molecular weight is 356 g/mol. The van der Waals surface area contributed by atoms with Crippen LogP contribution in [0.4, 0.5) is 10.1 Å². The lowest BCUT2D eigenvalue weighted by Crippen LogP contribution is -2.48. The summed E-state index contributed by atoms with van der Waals surface area (Å²) in [5.41, 5.74) is 6.24. The van der Waals surface area contributed by atoms with Gasteiger partial charge in [-0.3, -0.25) is 14.4 Å². The number of benzene rings is 1. The second kappa shape index (κ2) is 5.30. The molecule has 7 nitrogen and oxygen atoms in total. The molecule has 0 radical (unpaired) electrons. The normalized spacial score (nSPS) is 27.2. The average Bonchev–Trinajstić information content (AvgIpc) is 3.01. The highest BCUT2D eigenvalue weighted by Gasteiger charge is 2.74. The van der Waals surface area contributed by atoms with Gasteiger partial charge >= 0.3 is 0 Å². The molecule has 0 spiro atoms. The van der Waals surface area contributed by atoms with E-state index in [-0.39, 0.29) is 17.7 Å². The molecule has 2 heterocycles. The molecule has 1 aromatic heterocycles. The molecule has 1 aliphatic heterocycles. The van der Waals surface area contributed by atoms with Gasteiger partial charge in [-0.1, -0.05) is 0 Å². The second-order valence-corrected chi connectivity index (χ2v) is 7.23. The maximum Gasteiger partial charge on any atom is 0.237 e. The van der Waals surface area contributed by atoms with Crippen LogP contribution < -0.4 is 11.1 Å². The lowest BCUT2D eigenvalue weighted by atomic mass is 9.92. The summed E-state index contributed by atoms with van der Waals surface area (Å²) in [6.45, 7) is 2.33. The molecule has 1 unspecified atom stereocenters. The van der Waals surface area contributed by atoms with Crippen LogP contribution in [0.5, 0.6) is 0 Å². The van der Waals surface area contributed by atoms with Gasteiger partial charge in [0.25, 0.3) is 0 Å². The predicted octanol–water partition coefficient (Wildman–Crippen LogP) is 1.56. The molecular formula is C18H21FN6O. The van der Waals surface area contributed by atoms with E-state index in [2.05, 4.69) is 15.4 Å².